The van der Waals surface area contributed by atoms with Crippen LogP contribution in [0.25, 0.3) is 0 Å². The molecule has 0 atom stereocenters. The molecule has 2 amide bonds. The average molecular weight is 349 g/mol. The second-order valence-electron chi connectivity index (χ2n) is 4.94. The number of aromatic nitrogens is 1. The van der Waals surface area contributed by atoms with Crippen molar-refractivity contribution < 1.29 is 23.1 Å². The van der Waals surface area contributed by atoms with E-state index in [2.05, 4.69) is 4.98 Å². The van der Waals surface area contributed by atoms with Gasteiger partial charge >= 0.3 is 6.09 Å². The second-order valence-corrected chi connectivity index (χ2v) is 6.65. The van der Waals surface area contributed by atoms with Gasteiger partial charge in [0, 0.05) is 20.3 Å². The normalized spacial score (nSPS) is 10.9. The number of hydrogen-bond acceptors (Lipinski definition) is 5. The number of rotatable bonds is 4. The van der Waals surface area contributed by atoms with Crippen LogP contribution in [0.4, 0.5) is 10.5 Å². The molecular formula is C15H15N3O5S. The smallest absolute Gasteiger partial charge is 0.426 e. The molecule has 126 valence electrons. The largest absolute Gasteiger partial charge is 0.464 e. The van der Waals surface area contributed by atoms with Gasteiger partial charge in [0.25, 0.3) is 15.9 Å². The number of benzene rings is 1. The standard InChI is InChI=1S/C15H15N3O5S/c1-17(2)14(19)12-9-6-10-16-13(12)24(22,23)18(15(20)21)11-7-4-3-5-8-11/h3-10H,1-2H3,(H,20,21). The highest BCUT2D eigenvalue weighted by molar-refractivity contribution is 7.93. The molecule has 1 aromatic carbocycles. The van der Waals surface area contributed by atoms with Crippen LogP contribution < -0.4 is 4.31 Å². The van der Waals surface area contributed by atoms with E-state index in [4.69, 9.17) is 0 Å². The Balaban J connectivity index is 2.66. The molecule has 1 N–H and O–H groups in total. The number of amides is 2. The fourth-order valence-electron chi connectivity index (χ4n) is 2.00. The van der Waals surface area contributed by atoms with Crippen LogP contribution in [0.3, 0.4) is 0 Å². The first kappa shape index (κ1) is 17.4. The Bertz CT molecular complexity index is 866. The summed E-state index contributed by atoms with van der Waals surface area (Å²) in [5.74, 6) is -0.597. The number of anilines is 1. The first-order valence-electron chi connectivity index (χ1n) is 6.76. The first-order chi connectivity index (χ1) is 11.3. The highest BCUT2D eigenvalue weighted by Crippen LogP contribution is 2.25. The van der Waals surface area contributed by atoms with Gasteiger partial charge in [0.1, 0.15) is 0 Å². The predicted molar refractivity (Wildman–Crippen MR) is 86.4 cm³/mol. The SMILES string of the molecule is CN(C)C(=O)c1cccnc1S(=O)(=O)N(C(=O)O)c1ccccc1. The lowest BCUT2D eigenvalue weighted by molar-refractivity contribution is 0.0823. The molecule has 0 aliphatic carbocycles. The summed E-state index contributed by atoms with van der Waals surface area (Å²) >= 11 is 0. The number of hydrogen-bond donors (Lipinski definition) is 1. The van der Waals surface area contributed by atoms with E-state index in [-0.39, 0.29) is 15.6 Å². The van der Waals surface area contributed by atoms with Crippen molar-refractivity contribution in [3.63, 3.8) is 0 Å². The Kier molecular flexibility index (Phi) is 4.84. The molecule has 1 heterocycles. The first-order valence-corrected chi connectivity index (χ1v) is 8.21. The predicted octanol–water partition coefficient (Wildman–Crippen LogP) is 1.66. The summed E-state index contributed by atoms with van der Waals surface area (Å²) in [6.45, 7) is 0. The molecule has 0 fully saturated rings. The van der Waals surface area contributed by atoms with E-state index in [1.165, 1.54) is 61.6 Å². The van der Waals surface area contributed by atoms with Crippen LogP contribution in [0.5, 0.6) is 0 Å². The summed E-state index contributed by atoms with van der Waals surface area (Å²) < 4.78 is 25.9. The summed E-state index contributed by atoms with van der Waals surface area (Å²) in [7, 11) is -1.67. The van der Waals surface area contributed by atoms with Gasteiger partial charge in [-0.25, -0.2) is 9.78 Å². The van der Waals surface area contributed by atoms with E-state index < -0.39 is 27.0 Å². The zero-order valence-electron chi connectivity index (χ0n) is 12.9. The summed E-state index contributed by atoms with van der Waals surface area (Å²) in [6.07, 6.45) is -0.514. The summed E-state index contributed by atoms with van der Waals surface area (Å²) in [4.78, 5) is 28.7. The van der Waals surface area contributed by atoms with E-state index in [9.17, 15) is 23.1 Å². The van der Waals surface area contributed by atoms with Gasteiger partial charge in [-0.3, -0.25) is 4.79 Å². The van der Waals surface area contributed by atoms with Crippen LogP contribution in [0.1, 0.15) is 10.4 Å². The highest BCUT2D eigenvalue weighted by atomic mass is 32.2. The lowest BCUT2D eigenvalue weighted by Gasteiger charge is -2.20. The lowest BCUT2D eigenvalue weighted by atomic mass is 10.2. The highest BCUT2D eigenvalue weighted by Gasteiger charge is 2.35. The fraction of sp³-hybridized carbons (Fsp3) is 0.133. The van der Waals surface area contributed by atoms with Crippen LogP contribution >= 0.6 is 0 Å². The molecule has 0 aliphatic rings. The number of carboxylic acid groups (broad SMARTS) is 1. The van der Waals surface area contributed by atoms with Crippen molar-refractivity contribution in [2.45, 2.75) is 5.03 Å². The van der Waals surface area contributed by atoms with Gasteiger partial charge in [-0.2, -0.15) is 12.7 Å². The number of pyridine rings is 1. The minimum Gasteiger partial charge on any atom is -0.464 e. The van der Waals surface area contributed by atoms with Crippen molar-refractivity contribution in [3.05, 3.63) is 54.2 Å². The van der Waals surface area contributed by atoms with Crippen LogP contribution in [0.15, 0.2) is 53.7 Å². The summed E-state index contributed by atoms with van der Waals surface area (Å²) in [6, 6.07) is 9.99. The van der Waals surface area contributed by atoms with Gasteiger partial charge in [-0.15, -0.1) is 0 Å². The molecule has 0 unspecified atom stereocenters. The van der Waals surface area contributed by atoms with Crippen LogP contribution in [0, 0.1) is 0 Å². The van der Waals surface area contributed by atoms with Crippen molar-refractivity contribution >= 4 is 27.7 Å². The monoisotopic (exact) mass is 349 g/mol. The van der Waals surface area contributed by atoms with Gasteiger partial charge < -0.3 is 10.0 Å². The zero-order valence-corrected chi connectivity index (χ0v) is 13.8. The van der Waals surface area contributed by atoms with Gasteiger partial charge in [0.15, 0.2) is 5.03 Å². The maximum absolute atomic E-state index is 12.8. The third-order valence-corrected chi connectivity index (χ3v) is 4.72. The van der Waals surface area contributed by atoms with Crippen molar-refractivity contribution in [3.8, 4) is 0 Å². The molecule has 0 aliphatic heterocycles. The fourth-order valence-corrected chi connectivity index (χ4v) is 3.41. The molecule has 24 heavy (non-hydrogen) atoms. The van der Waals surface area contributed by atoms with Crippen molar-refractivity contribution in [1.29, 1.82) is 0 Å². The van der Waals surface area contributed by atoms with Crippen molar-refractivity contribution in [2.75, 3.05) is 18.4 Å². The molecule has 2 aromatic rings. The number of nitrogens with zero attached hydrogens (tertiary/aromatic N) is 3. The summed E-state index contributed by atoms with van der Waals surface area (Å²) in [5.41, 5.74) is -0.274. The maximum atomic E-state index is 12.8. The lowest BCUT2D eigenvalue weighted by Crippen LogP contribution is -2.37. The van der Waals surface area contributed by atoms with Crippen molar-refractivity contribution in [2.24, 2.45) is 0 Å². The molecule has 0 saturated carbocycles. The number of carbonyl (C=O) groups excluding carboxylic acids is 1. The van der Waals surface area contributed by atoms with Gasteiger partial charge in [-0.05, 0) is 24.3 Å². The summed E-state index contributed by atoms with van der Waals surface area (Å²) in [5, 5.41) is 8.77. The second kappa shape index (κ2) is 6.67. The van der Waals surface area contributed by atoms with Crippen LogP contribution in [-0.2, 0) is 10.0 Å². The topological polar surface area (TPSA) is 108 Å². The number of carbonyl (C=O) groups is 2. The Labute approximate surface area is 139 Å². The number of sulfonamides is 1. The average Bonchev–Trinajstić information content (AvgIpc) is 2.54. The molecule has 9 heteroatoms. The van der Waals surface area contributed by atoms with E-state index in [0.29, 0.717) is 0 Å². The Morgan fingerprint density at radius 3 is 2.21 bits per heavy atom. The van der Waals surface area contributed by atoms with E-state index in [0.717, 1.165) is 0 Å². The third-order valence-electron chi connectivity index (χ3n) is 3.06. The van der Waals surface area contributed by atoms with Gasteiger partial charge in [0.05, 0.1) is 11.3 Å². The Morgan fingerprint density at radius 2 is 1.67 bits per heavy atom. The third kappa shape index (κ3) is 3.20. The molecule has 2 rings (SSSR count). The molecule has 0 bridgehead atoms. The number of para-hydroxylation sites is 1. The van der Waals surface area contributed by atoms with Crippen LogP contribution in [0.2, 0.25) is 0 Å². The molecule has 0 radical (unpaired) electrons. The Hall–Kier alpha value is -2.94. The minimum absolute atomic E-state index is 0.0705. The van der Waals surface area contributed by atoms with E-state index in [1.54, 1.807) is 6.07 Å². The maximum Gasteiger partial charge on any atom is 0.426 e. The Morgan fingerprint density at radius 1 is 1.04 bits per heavy atom. The quantitative estimate of drug-likeness (QED) is 0.899. The molecule has 1 aromatic heterocycles. The van der Waals surface area contributed by atoms with E-state index in [1.807, 2.05) is 0 Å². The van der Waals surface area contributed by atoms with E-state index >= 15 is 0 Å². The molecule has 8 nitrogen and oxygen atoms in total. The molecule has 0 saturated heterocycles. The van der Waals surface area contributed by atoms with Crippen LogP contribution in [-0.4, -0.2) is 49.5 Å². The minimum atomic E-state index is -4.59. The van der Waals surface area contributed by atoms with Crippen molar-refractivity contribution in [1.82, 2.24) is 9.88 Å². The van der Waals surface area contributed by atoms with Gasteiger partial charge in [0.2, 0.25) is 0 Å². The zero-order chi connectivity index (χ0) is 17.9. The molecular weight excluding hydrogens is 334 g/mol. The van der Waals surface area contributed by atoms with Gasteiger partial charge in [-0.1, -0.05) is 18.2 Å². The molecule has 0 spiro atoms.